The van der Waals surface area contributed by atoms with Gasteiger partial charge in [0.2, 0.25) is 0 Å². The number of imide groups is 1. The van der Waals surface area contributed by atoms with Crippen molar-refractivity contribution in [3.05, 3.63) is 65.2 Å². The maximum Gasteiger partial charge on any atom is 0.417 e. The minimum atomic E-state index is -4.85. The standard InChI is InChI=1S/C21H18F3N3O3/c1-3-17(28)20(14-7-5-4-6-8-14)18(29)27(19(30)26(20)2)15-10-9-13(12-25)16(11-15)21(22,23)24/h4-11,17,28H,3H2,1-2H3. The number of carbonyl (C=O) groups is 2. The number of rotatable bonds is 4. The Labute approximate surface area is 170 Å². The van der Waals surface area contributed by atoms with Crippen molar-refractivity contribution in [2.24, 2.45) is 0 Å². The summed E-state index contributed by atoms with van der Waals surface area (Å²) in [5.74, 6) is -0.867. The summed E-state index contributed by atoms with van der Waals surface area (Å²) in [5, 5.41) is 19.8. The molecule has 1 saturated heterocycles. The number of amides is 3. The minimum Gasteiger partial charge on any atom is -0.390 e. The van der Waals surface area contributed by atoms with Crippen LogP contribution in [-0.2, 0) is 16.5 Å². The third kappa shape index (κ3) is 3.00. The van der Waals surface area contributed by atoms with Crippen molar-refractivity contribution >= 4 is 17.6 Å². The van der Waals surface area contributed by atoms with Gasteiger partial charge in [-0.15, -0.1) is 0 Å². The zero-order chi connectivity index (χ0) is 22.3. The van der Waals surface area contributed by atoms with E-state index in [1.165, 1.54) is 13.1 Å². The van der Waals surface area contributed by atoms with E-state index in [0.717, 1.165) is 17.0 Å². The summed E-state index contributed by atoms with van der Waals surface area (Å²) in [5.41, 5.74) is -3.66. The van der Waals surface area contributed by atoms with Crippen molar-refractivity contribution in [1.29, 1.82) is 5.26 Å². The summed E-state index contributed by atoms with van der Waals surface area (Å²) in [6.45, 7) is 1.63. The number of benzene rings is 2. The second-order valence-electron chi connectivity index (χ2n) is 6.88. The van der Waals surface area contributed by atoms with Gasteiger partial charge in [0.25, 0.3) is 5.91 Å². The molecule has 3 amide bonds. The summed E-state index contributed by atoms with van der Waals surface area (Å²) >= 11 is 0. The van der Waals surface area contributed by atoms with E-state index >= 15 is 0 Å². The van der Waals surface area contributed by atoms with Gasteiger partial charge in [0, 0.05) is 7.05 Å². The lowest BCUT2D eigenvalue weighted by molar-refractivity contribution is -0.138. The molecule has 0 spiro atoms. The highest BCUT2D eigenvalue weighted by Crippen LogP contribution is 2.43. The molecule has 156 valence electrons. The fourth-order valence-electron chi connectivity index (χ4n) is 3.80. The van der Waals surface area contributed by atoms with Crippen LogP contribution < -0.4 is 4.90 Å². The Bertz CT molecular complexity index is 1030. The molecule has 1 aliphatic heterocycles. The molecule has 1 N–H and O–H groups in total. The molecule has 1 heterocycles. The van der Waals surface area contributed by atoms with Crippen LogP contribution in [0.5, 0.6) is 0 Å². The number of hydrogen-bond donors (Lipinski definition) is 1. The number of aliphatic hydroxyl groups excluding tert-OH is 1. The van der Waals surface area contributed by atoms with Gasteiger partial charge in [-0.1, -0.05) is 37.3 Å². The van der Waals surface area contributed by atoms with Crippen molar-refractivity contribution < 1.29 is 27.9 Å². The van der Waals surface area contributed by atoms with E-state index in [0.29, 0.717) is 16.5 Å². The molecule has 0 saturated carbocycles. The Kier molecular flexibility index (Phi) is 5.31. The van der Waals surface area contributed by atoms with Gasteiger partial charge in [0.1, 0.15) is 0 Å². The average Bonchev–Trinajstić information content (AvgIpc) is 2.93. The summed E-state index contributed by atoms with van der Waals surface area (Å²) in [6, 6.07) is 11.3. The van der Waals surface area contributed by atoms with Crippen molar-refractivity contribution in [1.82, 2.24) is 4.90 Å². The third-order valence-corrected chi connectivity index (χ3v) is 5.31. The zero-order valence-electron chi connectivity index (χ0n) is 16.1. The van der Waals surface area contributed by atoms with E-state index in [-0.39, 0.29) is 12.1 Å². The molecule has 30 heavy (non-hydrogen) atoms. The summed E-state index contributed by atoms with van der Waals surface area (Å²) in [4.78, 5) is 28.2. The fraction of sp³-hybridized carbons (Fsp3) is 0.286. The number of aliphatic hydroxyl groups is 1. The van der Waals surface area contributed by atoms with E-state index in [2.05, 4.69) is 0 Å². The van der Waals surface area contributed by atoms with Gasteiger partial charge in [0.15, 0.2) is 5.54 Å². The van der Waals surface area contributed by atoms with E-state index in [1.807, 2.05) is 0 Å². The molecule has 9 heteroatoms. The van der Waals surface area contributed by atoms with Crippen molar-refractivity contribution in [2.75, 3.05) is 11.9 Å². The van der Waals surface area contributed by atoms with Gasteiger partial charge in [-0.05, 0) is 30.2 Å². The maximum atomic E-state index is 13.5. The lowest BCUT2D eigenvalue weighted by Gasteiger charge is -2.37. The highest BCUT2D eigenvalue weighted by molar-refractivity contribution is 6.23. The molecule has 1 fully saturated rings. The molecule has 2 aromatic rings. The van der Waals surface area contributed by atoms with Crippen molar-refractivity contribution in [2.45, 2.75) is 31.2 Å². The topological polar surface area (TPSA) is 84.6 Å². The SMILES string of the molecule is CCC(O)C1(c2ccccc2)C(=O)N(c2ccc(C#N)c(C(F)(F)F)c2)C(=O)N1C. The van der Waals surface area contributed by atoms with Crippen LogP contribution in [0.1, 0.15) is 30.0 Å². The number of alkyl halides is 3. The zero-order valence-corrected chi connectivity index (χ0v) is 16.1. The molecule has 2 atom stereocenters. The predicted molar refractivity (Wildman–Crippen MR) is 101 cm³/mol. The Morgan fingerprint density at radius 1 is 1.17 bits per heavy atom. The molecule has 2 unspecified atom stereocenters. The first kappa shape index (κ1) is 21.3. The quantitative estimate of drug-likeness (QED) is 0.770. The Morgan fingerprint density at radius 2 is 1.80 bits per heavy atom. The number of carbonyl (C=O) groups excluding carboxylic acids is 2. The van der Waals surface area contributed by atoms with Crippen LogP contribution in [0.3, 0.4) is 0 Å². The second kappa shape index (κ2) is 7.46. The number of urea groups is 1. The first-order valence-corrected chi connectivity index (χ1v) is 9.07. The van der Waals surface area contributed by atoms with Gasteiger partial charge in [-0.3, -0.25) is 4.79 Å². The molecule has 1 aliphatic rings. The molecule has 0 radical (unpaired) electrons. The first-order valence-electron chi connectivity index (χ1n) is 9.07. The van der Waals surface area contributed by atoms with Gasteiger partial charge >= 0.3 is 12.2 Å². The van der Waals surface area contributed by atoms with Crippen LogP contribution >= 0.6 is 0 Å². The Hall–Kier alpha value is -3.38. The number of anilines is 1. The van der Waals surface area contributed by atoms with Crippen molar-refractivity contribution in [3.63, 3.8) is 0 Å². The number of nitriles is 1. The maximum absolute atomic E-state index is 13.5. The van der Waals surface area contributed by atoms with Gasteiger partial charge in [-0.25, -0.2) is 9.69 Å². The minimum absolute atomic E-state index is 0.118. The van der Waals surface area contributed by atoms with Gasteiger partial charge < -0.3 is 10.0 Å². The van der Waals surface area contributed by atoms with Crippen LogP contribution in [0.2, 0.25) is 0 Å². The Morgan fingerprint density at radius 3 is 2.33 bits per heavy atom. The smallest absolute Gasteiger partial charge is 0.390 e. The normalized spacial score (nSPS) is 20.4. The molecule has 0 aliphatic carbocycles. The second-order valence-corrected chi connectivity index (χ2v) is 6.88. The van der Waals surface area contributed by atoms with Gasteiger partial charge in [-0.2, -0.15) is 18.4 Å². The summed E-state index contributed by atoms with van der Waals surface area (Å²) in [7, 11) is 1.32. The number of likely N-dealkylation sites (N-methyl/N-ethyl adjacent to an activating group) is 1. The van der Waals surface area contributed by atoms with Crippen LogP contribution in [-0.4, -0.2) is 35.1 Å². The van der Waals surface area contributed by atoms with Crippen LogP contribution in [0.4, 0.5) is 23.7 Å². The molecule has 0 bridgehead atoms. The predicted octanol–water partition coefficient (Wildman–Crippen LogP) is 3.64. The summed E-state index contributed by atoms with van der Waals surface area (Å²) in [6.07, 6.45) is -6.03. The molecule has 3 rings (SSSR count). The average molecular weight is 417 g/mol. The highest BCUT2D eigenvalue weighted by Gasteiger charge is 2.61. The monoisotopic (exact) mass is 417 g/mol. The fourth-order valence-corrected chi connectivity index (χ4v) is 3.80. The van der Waals surface area contributed by atoms with Crippen molar-refractivity contribution in [3.8, 4) is 6.07 Å². The number of nitrogens with zero attached hydrogens (tertiary/aromatic N) is 3. The van der Waals surface area contributed by atoms with Crippen LogP contribution in [0.15, 0.2) is 48.5 Å². The molecular weight excluding hydrogens is 399 g/mol. The van der Waals surface area contributed by atoms with Crippen LogP contribution in [0.25, 0.3) is 0 Å². The molecule has 0 aromatic heterocycles. The number of hydrogen-bond acceptors (Lipinski definition) is 4. The first-order chi connectivity index (χ1) is 14.1. The molecular formula is C21H18F3N3O3. The largest absolute Gasteiger partial charge is 0.417 e. The lowest BCUT2D eigenvalue weighted by atomic mass is 9.81. The third-order valence-electron chi connectivity index (χ3n) is 5.31. The van der Waals surface area contributed by atoms with E-state index < -0.39 is 40.9 Å². The van der Waals surface area contributed by atoms with E-state index in [1.54, 1.807) is 37.3 Å². The lowest BCUT2D eigenvalue weighted by Crippen LogP contribution is -2.54. The summed E-state index contributed by atoms with van der Waals surface area (Å²) < 4.78 is 40.1. The molecule has 2 aromatic carbocycles. The van der Waals surface area contributed by atoms with E-state index in [4.69, 9.17) is 5.26 Å². The highest BCUT2D eigenvalue weighted by atomic mass is 19.4. The van der Waals surface area contributed by atoms with Gasteiger partial charge in [0.05, 0.1) is 29.0 Å². The Balaban J connectivity index is 2.21. The number of halogens is 3. The van der Waals surface area contributed by atoms with Crippen LogP contribution in [0, 0.1) is 11.3 Å². The van der Waals surface area contributed by atoms with E-state index in [9.17, 15) is 27.9 Å². The molecule has 6 nitrogen and oxygen atoms in total.